The molecule has 0 fully saturated rings. The lowest BCUT2D eigenvalue weighted by molar-refractivity contribution is 0.480. The third-order valence-electron chi connectivity index (χ3n) is 7.76. The summed E-state index contributed by atoms with van der Waals surface area (Å²) in [6.07, 6.45) is 0. The van der Waals surface area contributed by atoms with Gasteiger partial charge in [0.05, 0.1) is 4.90 Å². The van der Waals surface area contributed by atoms with Crippen molar-refractivity contribution in [3.8, 4) is 11.5 Å². The van der Waals surface area contributed by atoms with E-state index in [9.17, 15) is 12.6 Å². The Kier molecular flexibility index (Phi) is 11.3. The number of rotatable bonds is 12. The molecule has 0 heterocycles. The maximum atomic E-state index is 13.9. The molecule has 236 valence electrons. The van der Waals surface area contributed by atoms with Gasteiger partial charge in [0, 0.05) is 6.07 Å². The zero-order valence-electron chi connectivity index (χ0n) is 27.9. The lowest BCUT2D eigenvalue weighted by Gasteiger charge is -2.23. The summed E-state index contributed by atoms with van der Waals surface area (Å²) in [7, 11) is -4.18. The molecule has 0 aliphatic heterocycles. The highest BCUT2D eigenvalue weighted by molar-refractivity contribution is 7.87. The van der Waals surface area contributed by atoms with E-state index in [2.05, 4.69) is 67.5 Å². The Bertz CT molecular complexity index is 1510. The molecule has 0 aromatic heterocycles. The zero-order valence-corrected chi connectivity index (χ0v) is 29.6. The van der Waals surface area contributed by atoms with E-state index in [1.54, 1.807) is 18.2 Å². The van der Waals surface area contributed by atoms with Gasteiger partial charge in [0.2, 0.25) is 11.1 Å². The van der Waals surface area contributed by atoms with Gasteiger partial charge < -0.3 is 8.37 Å². The Morgan fingerprint density at radius 1 is 0.558 bits per heavy atom. The molecule has 0 bridgehead atoms. The molecule has 3 aromatic rings. The van der Waals surface area contributed by atoms with Gasteiger partial charge in [-0.15, -0.1) is 0 Å². The molecule has 0 aliphatic carbocycles. The quantitative estimate of drug-likeness (QED) is 0.187. The Hall–Kier alpha value is -2.64. The van der Waals surface area contributed by atoms with E-state index in [1.165, 1.54) is 11.6 Å². The lowest BCUT2D eigenvalue weighted by atomic mass is 9.89. The highest BCUT2D eigenvalue weighted by Crippen LogP contribution is 2.38. The molecule has 0 radical (unpaired) electrons. The first-order chi connectivity index (χ1) is 19.9. The fraction of sp³-hybridized carbons (Fsp3) is 0.500. The van der Waals surface area contributed by atoms with E-state index < -0.39 is 21.2 Å². The van der Waals surface area contributed by atoms with Crippen LogP contribution in [0.15, 0.2) is 58.3 Å². The van der Waals surface area contributed by atoms with Crippen LogP contribution in [0.1, 0.15) is 152 Å². The van der Waals surface area contributed by atoms with Crippen molar-refractivity contribution in [1.29, 1.82) is 0 Å². The van der Waals surface area contributed by atoms with Crippen LogP contribution in [-0.2, 0) is 21.2 Å². The van der Waals surface area contributed by atoms with Crippen LogP contribution in [0.5, 0.6) is 11.5 Å². The fourth-order valence-corrected chi connectivity index (χ4v) is 8.08. The van der Waals surface area contributed by atoms with E-state index in [4.69, 9.17) is 8.37 Å². The molecular formula is C36H50O5S2. The molecule has 3 aromatic carbocycles. The van der Waals surface area contributed by atoms with Crippen LogP contribution in [0, 0.1) is 0 Å². The summed E-state index contributed by atoms with van der Waals surface area (Å²) < 4.78 is 53.4. The van der Waals surface area contributed by atoms with Crippen molar-refractivity contribution in [2.75, 3.05) is 0 Å². The predicted octanol–water partition coefficient (Wildman–Crippen LogP) is 10.3. The molecule has 0 saturated carbocycles. The second-order valence-corrected chi connectivity index (χ2v) is 15.8. The van der Waals surface area contributed by atoms with Gasteiger partial charge in [-0.3, -0.25) is 0 Å². The van der Waals surface area contributed by atoms with E-state index in [-0.39, 0.29) is 46.0 Å². The second kappa shape index (κ2) is 14.0. The maximum Gasteiger partial charge on any atom is 0.339 e. The fourth-order valence-electron chi connectivity index (χ4n) is 5.14. The van der Waals surface area contributed by atoms with Crippen LogP contribution in [0.2, 0.25) is 0 Å². The van der Waals surface area contributed by atoms with Gasteiger partial charge in [-0.05, 0) is 81.0 Å². The topological polar surface area (TPSA) is 69.7 Å². The van der Waals surface area contributed by atoms with E-state index in [1.807, 2.05) is 39.8 Å². The summed E-state index contributed by atoms with van der Waals surface area (Å²) in [4.78, 5) is 0.909. The SMILES string of the molecule is CC(C)c1cc(C(C)C)c(S(=O)Oc2cccc(OS(=O)(=O)c3c(C(C)C)cc(C(C)C)cc3C(C)C)c2)c(C(C)C)c1. The van der Waals surface area contributed by atoms with Crippen LogP contribution in [0.25, 0.3) is 0 Å². The van der Waals surface area contributed by atoms with Gasteiger partial charge in [-0.25, -0.2) is 4.21 Å². The first-order valence-electron chi connectivity index (χ1n) is 15.4. The minimum atomic E-state index is -4.18. The van der Waals surface area contributed by atoms with Crippen LogP contribution < -0.4 is 8.37 Å². The standard InChI is InChI=1S/C36H50O5S2/c1-21(2)27-16-31(23(5)6)35(32(17-27)24(7)8)42(37)40-29-14-13-15-30(20-29)41-43(38,39)36-33(25(9)10)18-28(22(3)4)19-34(36)26(11)12/h13-26H,1-12H3. The molecule has 1 unspecified atom stereocenters. The molecule has 43 heavy (non-hydrogen) atoms. The average molecular weight is 627 g/mol. The Labute approximate surface area is 263 Å². The van der Waals surface area contributed by atoms with Gasteiger partial charge in [0.1, 0.15) is 16.4 Å². The van der Waals surface area contributed by atoms with Crippen molar-refractivity contribution in [2.45, 2.75) is 128 Å². The number of hydrogen-bond acceptors (Lipinski definition) is 5. The summed E-state index contributed by atoms with van der Waals surface area (Å²) in [5, 5.41) is 0. The van der Waals surface area contributed by atoms with Gasteiger partial charge >= 0.3 is 10.1 Å². The zero-order chi connectivity index (χ0) is 32.4. The second-order valence-electron chi connectivity index (χ2n) is 13.3. The summed E-state index contributed by atoms with van der Waals surface area (Å²) >= 11 is -1.82. The van der Waals surface area contributed by atoms with Crippen LogP contribution in [0.4, 0.5) is 0 Å². The molecule has 0 amide bonds. The van der Waals surface area contributed by atoms with Crippen molar-refractivity contribution >= 4 is 21.2 Å². The molecule has 7 heteroatoms. The highest BCUT2D eigenvalue weighted by Gasteiger charge is 2.29. The van der Waals surface area contributed by atoms with Crippen LogP contribution in [0.3, 0.4) is 0 Å². The van der Waals surface area contributed by atoms with Crippen molar-refractivity contribution in [1.82, 2.24) is 0 Å². The summed E-state index contributed by atoms with van der Waals surface area (Å²) in [6, 6.07) is 14.6. The van der Waals surface area contributed by atoms with Crippen molar-refractivity contribution in [2.24, 2.45) is 0 Å². The van der Waals surface area contributed by atoms with Crippen molar-refractivity contribution < 1.29 is 21.0 Å². The molecule has 0 N–H and O–H groups in total. The van der Waals surface area contributed by atoms with E-state index in [0.29, 0.717) is 10.8 Å². The molecular weight excluding hydrogens is 577 g/mol. The normalized spacial score (nSPS) is 13.2. The van der Waals surface area contributed by atoms with Gasteiger partial charge in [0.25, 0.3) is 0 Å². The van der Waals surface area contributed by atoms with Gasteiger partial charge in [-0.2, -0.15) is 8.42 Å². The first-order valence-corrected chi connectivity index (χ1v) is 17.9. The Balaban J connectivity index is 2.04. The molecule has 3 rings (SSSR count). The molecule has 0 aliphatic rings. The summed E-state index contributed by atoms with van der Waals surface area (Å²) in [6.45, 7) is 24.9. The summed E-state index contributed by atoms with van der Waals surface area (Å²) in [5.74, 6) is 1.22. The largest absolute Gasteiger partial charge is 0.397 e. The van der Waals surface area contributed by atoms with Gasteiger partial charge in [-0.1, -0.05) is 113 Å². The smallest absolute Gasteiger partial charge is 0.339 e. The number of hydrogen-bond donors (Lipinski definition) is 0. The van der Waals surface area contributed by atoms with Crippen LogP contribution >= 0.6 is 0 Å². The van der Waals surface area contributed by atoms with Crippen LogP contribution in [-0.4, -0.2) is 12.6 Å². The molecule has 0 spiro atoms. The molecule has 0 saturated heterocycles. The Morgan fingerprint density at radius 2 is 0.953 bits per heavy atom. The minimum absolute atomic E-state index is 0.0194. The third-order valence-corrected chi connectivity index (χ3v) is 10.3. The predicted molar refractivity (Wildman–Crippen MR) is 179 cm³/mol. The van der Waals surface area contributed by atoms with E-state index in [0.717, 1.165) is 27.8 Å². The van der Waals surface area contributed by atoms with E-state index >= 15 is 0 Å². The lowest BCUT2D eigenvalue weighted by Crippen LogP contribution is -2.17. The number of benzene rings is 3. The Morgan fingerprint density at radius 3 is 1.35 bits per heavy atom. The monoisotopic (exact) mass is 626 g/mol. The first kappa shape index (κ1) is 34.8. The summed E-state index contributed by atoms with van der Waals surface area (Å²) in [5.41, 5.74) is 5.79. The third kappa shape index (κ3) is 8.10. The van der Waals surface area contributed by atoms with Gasteiger partial charge in [0.15, 0.2) is 0 Å². The molecule has 1 atom stereocenters. The highest BCUT2D eigenvalue weighted by atomic mass is 32.2. The van der Waals surface area contributed by atoms with Crippen molar-refractivity contribution in [3.05, 3.63) is 81.9 Å². The minimum Gasteiger partial charge on any atom is -0.397 e. The van der Waals surface area contributed by atoms with Crippen molar-refractivity contribution in [3.63, 3.8) is 0 Å². The average Bonchev–Trinajstić information content (AvgIpc) is 2.91. The maximum absolute atomic E-state index is 13.9. The molecule has 5 nitrogen and oxygen atoms in total.